The molecule has 4 aromatic rings. The molecular weight excluding hydrogens is 324 g/mol. The Kier molecular flexibility index (Phi) is 4.48. The molecule has 0 saturated heterocycles. The Labute approximate surface area is 151 Å². The van der Waals surface area contributed by atoms with Crippen LogP contribution in [-0.2, 0) is 17.8 Å². The van der Waals surface area contributed by atoms with Crippen molar-refractivity contribution in [2.75, 3.05) is 0 Å². The van der Waals surface area contributed by atoms with Crippen molar-refractivity contribution in [3.05, 3.63) is 90.3 Å². The zero-order valence-corrected chi connectivity index (χ0v) is 14.2. The van der Waals surface area contributed by atoms with Gasteiger partial charge >= 0.3 is 0 Å². The van der Waals surface area contributed by atoms with Gasteiger partial charge in [-0.05, 0) is 46.2 Å². The highest BCUT2D eigenvalue weighted by molar-refractivity contribution is 5.90. The quantitative estimate of drug-likeness (QED) is 0.586. The van der Waals surface area contributed by atoms with Crippen LogP contribution in [0.2, 0.25) is 0 Å². The van der Waals surface area contributed by atoms with Crippen LogP contribution in [0.15, 0.2) is 83.6 Å². The summed E-state index contributed by atoms with van der Waals surface area (Å²) in [4.78, 5) is 16.7. The van der Waals surface area contributed by atoms with Crippen LogP contribution in [0.3, 0.4) is 0 Å². The smallest absolute Gasteiger partial charge is 0.224 e. The highest BCUT2D eigenvalue weighted by Crippen LogP contribution is 2.20. The fraction of sp³-hybridized carbons (Fsp3) is 0.0909. The summed E-state index contributed by atoms with van der Waals surface area (Å²) in [7, 11) is 0. The Morgan fingerprint density at radius 2 is 1.88 bits per heavy atom. The van der Waals surface area contributed by atoms with E-state index in [1.54, 1.807) is 12.5 Å². The van der Waals surface area contributed by atoms with E-state index in [1.165, 1.54) is 0 Å². The Hall–Kier alpha value is -3.40. The van der Waals surface area contributed by atoms with Crippen molar-refractivity contribution in [3.63, 3.8) is 0 Å². The lowest BCUT2D eigenvalue weighted by Gasteiger charge is -2.08. The maximum absolute atomic E-state index is 12.4. The molecule has 4 nitrogen and oxygen atoms in total. The topological polar surface area (TPSA) is 55.1 Å². The molecule has 0 unspecified atom stereocenters. The minimum Gasteiger partial charge on any atom is -0.463 e. The summed E-state index contributed by atoms with van der Waals surface area (Å²) in [6, 6.07) is 21.7. The van der Waals surface area contributed by atoms with Gasteiger partial charge < -0.3 is 9.73 Å². The summed E-state index contributed by atoms with van der Waals surface area (Å²) < 4.78 is 5.37. The number of rotatable bonds is 5. The first-order valence-corrected chi connectivity index (χ1v) is 8.52. The molecule has 0 aliphatic heterocycles. The average molecular weight is 342 g/mol. The van der Waals surface area contributed by atoms with Gasteiger partial charge in [0.1, 0.15) is 5.69 Å². The van der Waals surface area contributed by atoms with Crippen molar-refractivity contribution in [1.29, 1.82) is 0 Å². The Morgan fingerprint density at radius 1 is 1.00 bits per heavy atom. The monoisotopic (exact) mass is 342 g/mol. The number of benzene rings is 2. The number of nitrogens with one attached hydrogen (secondary N) is 1. The highest BCUT2D eigenvalue weighted by atomic mass is 16.3. The van der Waals surface area contributed by atoms with E-state index in [2.05, 4.69) is 28.5 Å². The largest absolute Gasteiger partial charge is 0.463 e. The van der Waals surface area contributed by atoms with Crippen LogP contribution in [0.1, 0.15) is 11.1 Å². The van der Waals surface area contributed by atoms with E-state index < -0.39 is 0 Å². The number of furan rings is 1. The molecule has 128 valence electrons. The van der Waals surface area contributed by atoms with Crippen molar-refractivity contribution in [3.8, 4) is 11.5 Å². The van der Waals surface area contributed by atoms with E-state index >= 15 is 0 Å². The Morgan fingerprint density at radius 3 is 2.77 bits per heavy atom. The van der Waals surface area contributed by atoms with Crippen molar-refractivity contribution < 1.29 is 9.21 Å². The molecule has 0 atom stereocenters. The van der Waals surface area contributed by atoms with Crippen LogP contribution in [0.4, 0.5) is 0 Å². The van der Waals surface area contributed by atoms with E-state index in [-0.39, 0.29) is 5.91 Å². The van der Waals surface area contributed by atoms with Crippen LogP contribution in [0.25, 0.3) is 22.2 Å². The van der Waals surface area contributed by atoms with Crippen molar-refractivity contribution in [2.24, 2.45) is 0 Å². The maximum atomic E-state index is 12.4. The predicted octanol–water partition coefficient (Wildman–Crippen LogP) is 4.35. The van der Waals surface area contributed by atoms with E-state index in [9.17, 15) is 4.79 Å². The first kappa shape index (κ1) is 16.1. The molecule has 0 spiro atoms. The lowest BCUT2D eigenvalue weighted by atomic mass is 10.0. The third kappa shape index (κ3) is 3.49. The van der Waals surface area contributed by atoms with E-state index in [0.29, 0.717) is 18.7 Å². The first-order valence-electron chi connectivity index (χ1n) is 8.52. The minimum absolute atomic E-state index is 0.00212. The summed E-state index contributed by atoms with van der Waals surface area (Å²) in [5, 5.41) is 5.26. The second kappa shape index (κ2) is 7.23. The van der Waals surface area contributed by atoms with Crippen LogP contribution >= 0.6 is 0 Å². The van der Waals surface area contributed by atoms with Crippen molar-refractivity contribution >= 4 is 16.7 Å². The molecule has 0 aliphatic carbocycles. The van der Waals surface area contributed by atoms with Gasteiger partial charge in [0, 0.05) is 12.7 Å². The summed E-state index contributed by atoms with van der Waals surface area (Å²) >= 11 is 0. The molecule has 4 rings (SSSR count). The third-order valence-corrected chi connectivity index (χ3v) is 4.32. The van der Waals surface area contributed by atoms with E-state index in [1.807, 2.05) is 48.5 Å². The summed E-state index contributed by atoms with van der Waals surface area (Å²) in [5.74, 6) is 0.714. The van der Waals surface area contributed by atoms with Crippen LogP contribution < -0.4 is 5.32 Å². The summed E-state index contributed by atoms with van der Waals surface area (Å²) in [6.07, 6.45) is 3.71. The van der Waals surface area contributed by atoms with Crippen LogP contribution in [-0.4, -0.2) is 10.9 Å². The molecule has 2 aromatic heterocycles. The molecule has 2 aromatic carbocycles. The molecule has 0 radical (unpaired) electrons. The minimum atomic E-state index is -0.00212. The lowest BCUT2D eigenvalue weighted by Crippen LogP contribution is -2.24. The van der Waals surface area contributed by atoms with Gasteiger partial charge in [-0.2, -0.15) is 0 Å². The SMILES string of the molecule is O=C(Cc1cccc2ccccc12)NCc1ccnc(-c2ccco2)c1. The number of pyridine rings is 1. The predicted molar refractivity (Wildman–Crippen MR) is 101 cm³/mol. The number of aromatic nitrogens is 1. The highest BCUT2D eigenvalue weighted by Gasteiger charge is 2.08. The maximum Gasteiger partial charge on any atom is 0.224 e. The number of hydrogen-bond donors (Lipinski definition) is 1. The molecular formula is C22H18N2O2. The molecule has 0 saturated carbocycles. The standard InChI is InChI=1S/C22H18N2O2/c25-22(14-18-7-3-6-17-5-1-2-8-19(17)18)24-15-16-10-11-23-20(13-16)21-9-4-12-26-21/h1-13H,14-15H2,(H,24,25). The van der Waals surface area contributed by atoms with Gasteiger partial charge in [-0.3, -0.25) is 9.78 Å². The number of carbonyl (C=O) groups is 1. The molecule has 0 aliphatic rings. The van der Waals surface area contributed by atoms with Gasteiger partial charge in [0.25, 0.3) is 0 Å². The van der Waals surface area contributed by atoms with Gasteiger partial charge in [-0.1, -0.05) is 42.5 Å². The van der Waals surface area contributed by atoms with Gasteiger partial charge in [-0.15, -0.1) is 0 Å². The Bertz CT molecular complexity index is 1030. The van der Waals surface area contributed by atoms with Crippen molar-refractivity contribution in [1.82, 2.24) is 10.3 Å². The van der Waals surface area contributed by atoms with Gasteiger partial charge in [0.2, 0.25) is 5.91 Å². The normalized spacial score (nSPS) is 10.8. The molecule has 26 heavy (non-hydrogen) atoms. The lowest BCUT2D eigenvalue weighted by molar-refractivity contribution is -0.120. The zero-order valence-electron chi connectivity index (χ0n) is 14.2. The molecule has 0 fully saturated rings. The van der Waals surface area contributed by atoms with E-state index in [0.717, 1.165) is 27.6 Å². The first-order chi connectivity index (χ1) is 12.8. The number of nitrogens with zero attached hydrogens (tertiary/aromatic N) is 1. The number of carbonyl (C=O) groups excluding carboxylic acids is 1. The second-order valence-electron chi connectivity index (χ2n) is 6.12. The molecule has 0 bridgehead atoms. The van der Waals surface area contributed by atoms with Crippen molar-refractivity contribution in [2.45, 2.75) is 13.0 Å². The van der Waals surface area contributed by atoms with Gasteiger partial charge in [0.05, 0.1) is 12.7 Å². The van der Waals surface area contributed by atoms with Crippen LogP contribution in [0, 0.1) is 0 Å². The van der Waals surface area contributed by atoms with Gasteiger partial charge in [0.15, 0.2) is 5.76 Å². The fourth-order valence-corrected chi connectivity index (χ4v) is 3.03. The Balaban J connectivity index is 1.43. The summed E-state index contributed by atoms with van der Waals surface area (Å²) in [5.41, 5.74) is 2.78. The molecule has 1 amide bonds. The third-order valence-electron chi connectivity index (χ3n) is 4.32. The van der Waals surface area contributed by atoms with Crippen LogP contribution in [0.5, 0.6) is 0 Å². The molecule has 4 heteroatoms. The number of amides is 1. The van der Waals surface area contributed by atoms with Gasteiger partial charge in [-0.25, -0.2) is 0 Å². The number of fused-ring (bicyclic) bond motifs is 1. The summed E-state index contributed by atoms with van der Waals surface area (Å²) in [6.45, 7) is 0.458. The van der Waals surface area contributed by atoms with E-state index in [4.69, 9.17) is 4.42 Å². The molecule has 1 N–H and O–H groups in total. The average Bonchev–Trinajstić information content (AvgIpc) is 3.22. The fourth-order valence-electron chi connectivity index (χ4n) is 3.03. The number of hydrogen-bond acceptors (Lipinski definition) is 3. The molecule has 2 heterocycles. The zero-order chi connectivity index (χ0) is 17.8. The second-order valence-corrected chi connectivity index (χ2v) is 6.12.